The second-order valence-corrected chi connectivity index (χ2v) is 9.33. The highest BCUT2D eigenvalue weighted by molar-refractivity contribution is 5.90. The molecule has 5 rings (SSSR count). The maximum atomic E-state index is 9.42. The molecule has 0 spiro atoms. The lowest BCUT2D eigenvalue weighted by Crippen LogP contribution is -2.13. The van der Waals surface area contributed by atoms with Gasteiger partial charge in [-0.1, -0.05) is 48.5 Å². The number of aromatic nitrogens is 2. The minimum atomic E-state index is -0.522. The second-order valence-electron chi connectivity index (χ2n) is 9.33. The second kappa shape index (κ2) is 9.52. The van der Waals surface area contributed by atoms with Crippen molar-refractivity contribution in [2.24, 2.45) is 0 Å². The molecule has 5 aromatic rings. The summed E-state index contributed by atoms with van der Waals surface area (Å²) in [6.45, 7) is 3.85. The zero-order chi connectivity index (χ0) is 25.1. The van der Waals surface area contributed by atoms with Crippen LogP contribution in [0.3, 0.4) is 0 Å². The number of ether oxygens (including phenoxy) is 1. The summed E-state index contributed by atoms with van der Waals surface area (Å²) in [5.41, 5.74) is 12.6. The van der Waals surface area contributed by atoms with E-state index in [9.17, 15) is 5.26 Å². The van der Waals surface area contributed by atoms with Crippen molar-refractivity contribution in [3.63, 3.8) is 0 Å². The third-order valence-electron chi connectivity index (χ3n) is 6.38. The van der Waals surface area contributed by atoms with Gasteiger partial charge in [-0.3, -0.25) is 4.98 Å². The van der Waals surface area contributed by atoms with Crippen LogP contribution in [-0.4, -0.2) is 9.97 Å². The quantitative estimate of drug-likeness (QED) is 0.287. The van der Waals surface area contributed by atoms with Crippen LogP contribution in [0.15, 0.2) is 97.3 Å². The van der Waals surface area contributed by atoms with Gasteiger partial charge in [0.15, 0.2) is 0 Å². The van der Waals surface area contributed by atoms with Crippen LogP contribution in [0.5, 0.6) is 11.6 Å². The van der Waals surface area contributed by atoms with Crippen molar-refractivity contribution in [1.82, 2.24) is 9.97 Å². The van der Waals surface area contributed by atoms with Crippen LogP contribution in [0.2, 0.25) is 0 Å². The Morgan fingerprint density at radius 2 is 1.61 bits per heavy atom. The third-order valence-corrected chi connectivity index (χ3v) is 6.38. The number of pyridine rings is 2. The average molecular weight is 471 g/mol. The molecule has 2 aromatic heterocycles. The summed E-state index contributed by atoms with van der Waals surface area (Å²) in [5.74, 6) is 1.29. The standard InChI is InChI=1S/C31H26N4O/c1-31(2,20-32)24-12-8-21(9-13-24)16-26-27-17-22(10-14-29(27)34-19-28(26)33)23-11-15-30(35-18-23)36-25-6-4-3-5-7-25/h3-15,17-19H,16,33H2,1-2H3. The molecule has 36 heavy (non-hydrogen) atoms. The molecule has 2 N–H and O–H groups in total. The molecule has 0 saturated carbocycles. The fourth-order valence-electron chi connectivity index (χ4n) is 4.17. The number of para-hydroxylation sites is 1. The first kappa shape index (κ1) is 23.1. The van der Waals surface area contributed by atoms with Crippen molar-refractivity contribution in [3.8, 4) is 28.8 Å². The van der Waals surface area contributed by atoms with Crippen LogP contribution in [-0.2, 0) is 11.8 Å². The zero-order valence-electron chi connectivity index (χ0n) is 20.3. The number of nitrogen functional groups attached to an aromatic ring is 1. The highest BCUT2D eigenvalue weighted by Gasteiger charge is 2.19. The van der Waals surface area contributed by atoms with Crippen LogP contribution < -0.4 is 10.5 Å². The molecule has 5 heteroatoms. The summed E-state index contributed by atoms with van der Waals surface area (Å²) < 4.78 is 5.82. The monoisotopic (exact) mass is 470 g/mol. The SMILES string of the molecule is CC(C)(C#N)c1ccc(Cc2c(N)cnc3ccc(-c4ccc(Oc5ccccc5)nc4)cc23)cc1. The molecule has 0 amide bonds. The molecular formula is C31H26N4O. The molecule has 0 radical (unpaired) electrons. The van der Waals surface area contributed by atoms with Crippen LogP contribution in [0.4, 0.5) is 5.69 Å². The largest absolute Gasteiger partial charge is 0.439 e. The van der Waals surface area contributed by atoms with Crippen LogP contribution >= 0.6 is 0 Å². The number of nitriles is 1. The van der Waals surface area contributed by atoms with E-state index in [1.807, 2.05) is 86.8 Å². The molecule has 0 aliphatic rings. The zero-order valence-corrected chi connectivity index (χ0v) is 20.3. The Balaban J connectivity index is 1.44. The lowest BCUT2D eigenvalue weighted by atomic mass is 9.85. The average Bonchev–Trinajstić information content (AvgIpc) is 2.91. The van der Waals surface area contributed by atoms with Gasteiger partial charge in [0.1, 0.15) is 5.75 Å². The first-order chi connectivity index (χ1) is 17.4. The third kappa shape index (κ3) is 4.75. The number of hydrogen-bond donors (Lipinski definition) is 1. The number of benzene rings is 3. The maximum Gasteiger partial charge on any atom is 0.219 e. The maximum absolute atomic E-state index is 9.42. The van der Waals surface area contributed by atoms with Crippen molar-refractivity contribution in [3.05, 3.63) is 114 Å². The Hall–Kier alpha value is -4.69. The van der Waals surface area contributed by atoms with E-state index in [2.05, 4.69) is 34.2 Å². The molecule has 0 unspecified atom stereocenters. The molecular weight excluding hydrogens is 444 g/mol. The van der Waals surface area contributed by atoms with E-state index in [4.69, 9.17) is 10.5 Å². The molecule has 176 valence electrons. The van der Waals surface area contributed by atoms with Gasteiger partial charge >= 0.3 is 0 Å². The fraction of sp³-hybridized carbons (Fsp3) is 0.129. The van der Waals surface area contributed by atoms with E-state index in [0.717, 1.165) is 44.5 Å². The molecule has 0 saturated heterocycles. The van der Waals surface area contributed by atoms with E-state index in [1.165, 1.54) is 0 Å². The van der Waals surface area contributed by atoms with Crippen molar-refractivity contribution in [2.75, 3.05) is 5.73 Å². The first-order valence-corrected chi connectivity index (χ1v) is 11.8. The summed E-state index contributed by atoms with van der Waals surface area (Å²) in [5, 5.41) is 10.4. The predicted octanol–water partition coefficient (Wildman–Crippen LogP) is 7.06. The van der Waals surface area contributed by atoms with Gasteiger partial charge in [0.05, 0.1) is 28.9 Å². The Kier molecular flexibility index (Phi) is 6.10. The number of nitrogens with two attached hydrogens (primary N) is 1. The van der Waals surface area contributed by atoms with Crippen molar-refractivity contribution in [2.45, 2.75) is 25.7 Å². The van der Waals surface area contributed by atoms with Gasteiger partial charge < -0.3 is 10.5 Å². The molecule has 2 heterocycles. The minimum Gasteiger partial charge on any atom is -0.439 e. The van der Waals surface area contributed by atoms with E-state index in [0.29, 0.717) is 18.0 Å². The topological polar surface area (TPSA) is 84.8 Å². The van der Waals surface area contributed by atoms with Crippen LogP contribution in [0.25, 0.3) is 22.0 Å². The predicted molar refractivity (Wildman–Crippen MR) is 144 cm³/mol. The molecule has 0 aliphatic carbocycles. The van der Waals surface area contributed by atoms with Crippen molar-refractivity contribution >= 4 is 16.6 Å². The number of hydrogen-bond acceptors (Lipinski definition) is 5. The molecule has 0 fully saturated rings. The highest BCUT2D eigenvalue weighted by Crippen LogP contribution is 2.31. The van der Waals surface area contributed by atoms with Gasteiger partial charge in [-0.15, -0.1) is 0 Å². The van der Waals surface area contributed by atoms with E-state index >= 15 is 0 Å². The highest BCUT2D eigenvalue weighted by atomic mass is 16.5. The summed E-state index contributed by atoms with van der Waals surface area (Å²) in [6, 6.07) is 30.2. The van der Waals surface area contributed by atoms with Crippen molar-refractivity contribution in [1.29, 1.82) is 5.26 Å². The lowest BCUT2D eigenvalue weighted by Gasteiger charge is -2.16. The minimum absolute atomic E-state index is 0.522. The van der Waals surface area contributed by atoms with Gasteiger partial charge in [-0.25, -0.2) is 4.98 Å². The normalized spacial score (nSPS) is 11.2. The Morgan fingerprint density at radius 1 is 0.861 bits per heavy atom. The summed E-state index contributed by atoms with van der Waals surface area (Å²) >= 11 is 0. The first-order valence-electron chi connectivity index (χ1n) is 11.8. The number of anilines is 1. The number of rotatable bonds is 6. The van der Waals surface area contributed by atoms with Gasteiger partial charge in [-0.2, -0.15) is 5.26 Å². The Bertz CT molecular complexity index is 1550. The molecule has 0 aliphatic heterocycles. The van der Waals surface area contributed by atoms with E-state index < -0.39 is 5.41 Å². The fourth-order valence-corrected chi connectivity index (χ4v) is 4.17. The van der Waals surface area contributed by atoms with Gasteiger partial charge in [0.25, 0.3) is 0 Å². The molecule has 0 atom stereocenters. The smallest absolute Gasteiger partial charge is 0.219 e. The molecule has 3 aromatic carbocycles. The van der Waals surface area contributed by atoms with Crippen LogP contribution in [0, 0.1) is 11.3 Å². The van der Waals surface area contributed by atoms with E-state index in [1.54, 1.807) is 6.20 Å². The van der Waals surface area contributed by atoms with Gasteiger partial charge in [0.2, 0.25) is 5.88 Å². The summed E-state index contributed by atoms with van der Waals surface area (Å²) in [4.78, 5) is 9.03. The number of nitrogens with zero attached hydrogens (tertiary/aromatic N) is 3. The van der Waals surface area contributed by atoms with Crippen molar-refractivity contribution < 1.29 is 4.74 Å². The molecule has 5 nitrogen and oxygen atoms in total. The molecule has 0 bridgehead atoms. The van der Waals surface area contributed by atoms with E-state index in [-0.39, 0.29) is 0 Å². The van der Waals surface area contributed by atoms with Crippen LogP contribution in [0.1, 0.15) is 30.5 Å². The van der Waals surface area contributed by atoms with Gasteiger partial charge in [0, 0.05) is 29.6 Å². The Labute approximate surface area is 210 Å². The lowest BCUT2D eigenvalue weighted by molar-refractivity contribution is 0.463. The number of fused-ring (bicyclic) bond motifs is 1. The van der Waals surface area contributed by atoms with Gasteiger partial charge in [-0.05, 0) is 66.4 Å². The summed E-state index contributed by atoms with van der Waals surface area (Å²) in [7, 11) is 0. The summed E-state index contributed by atoms with van der Waals surface area (Å²) in [6.07, 6.45) is 4.21. The Morgan fingerprint density at radius 3 is 2.31 bits per heavy atom.